The van der Waals surface area contributed by atoms with Gasteiger partial charge in [-0.05, 0) is 26.8 Å². The molecule has 2 atom stereocenters. The Labute approximate surface area is 95.7 Å². The SMILES string of the molecule is C=C(C1CC(C)(F)C1)N1CC(F)C(NC)C1. The van der Waals surface area contributed by atoms with E-state index in [0.29, 0.717) is 25.9 Å². The van der Waals surface area contributed by atoms with Crippen molar-refractivity contribution in [1.82, 2.24) is 10.2 Å². The van der Waals surface area contributed by atoms with E-state index in [1.165, 1.54) is 0 Å². The maximum Gasteiger partial charge on any atom is 0.134 e. The summed E-state index contributed by atoms with van der Waals surface area (Å²) in [5.41, 5.74) is -0.124. The van der Waals surface area contributed by atoms with Crippen molar-refractivity contribution in [2.75, 3.05) is 20.1 Å². The summed E-state index contributed by atoms with van der Waals surface area (Å²) in [5.74, 6) is 0.206. The lowest BCUT2D eigenvalue weighted by Crippen LogP contribution is -2.41. The molecule has 16 heavy (non-hydrogen) atoms. The van der Waals surface area contributed by atoms with E-state index in [1.54, 1.807) is 14.0 Å². The number of likely N-dealkylation sites (tertiary alicyclic amines) is 1. The van der Waals surface area contributed by atoms with Gasteiger partial charge in [-0.1, -0.05) is 6.58 Å². The van der Waals surface area contributed by atoms with Gasteiger partial charge in [0.15, 0.2) is 0 Å². The minimum absolute atomic E-state index is 0.117. The maximum absolute atomic E-state index is 13.5. The van der Waals surface area contributed by atoms with Gasteiger partial charge in [0.05, 0.1) is 12.6 Å². The van der Waals surface area contributed by atoms with Gasteiger partial charge >= 0.3 is 0 Å². The van der Waals surface area contributed by atoms with Gasteiger partial charge in [0.1, 0.15) is 11.8 Å². The summed E-state index contributed by atoms with van der Waals surface area (Å²) in [7, 11) is 1.77. The lowest BCUT2D eigenvalue weighted by Gasteiger charge is -2.42. The summed E-state index contributed by atoms with van der Waals surface area (Å²) in [6.45, 7) is 6.65. The molecule has 4 heteroatoms. The number of rotatable bonds is 3. The Kier molecular flexibility index (Phi) is 2.95. The van der Waals surface area contributed by atoms with E-state index >= 15 is 0 Å². The molecular formula is C12H20F2N2. The standard InChI is InChI=1S/C12H20F2N2/c1-8(9-4-12(2,14)5-9)16-6-10(13)11(7-16)15-3/h9-11,15H,1,4-7H2,2-3H3. The van der Waals surface area contributed by atoms with Crippen LogP contribution in [0.25, 0.3) is 0 Å². The predicted molar refractivity (Wildman–Crippen MR) is 60.7 cm³/mol. The van der Waals surface area contributed by atoms with Gasteiger partial charge in [-0.3, -0.25) is 0 Å². The zero-order chi connectivity index (χ0) is 11.9. The number of halogens is 2. The molecule has 0 radical (unpaired) electrons. The van der Waals surface area contributed by atoms with Crippen LogP contribution in [-0.2, 0) is 0 Å². The summed E-state index contributed by atoms with van der Waals surface area (Å²) in [6, 6.07) is -0.117. The highest BCUT2D eigenvalue weighted by Gasteiger charge is 2.44. The molecule has 0 aromatic heterocycles. The monoisotopic (exact) mass is 230 g/mol. The van der Waals surface area contributed by atoms with Crippen LogP contribution >= 0.6 is 0 Å². The Morgan fingerprint density at radius 3 is 2.50 bits per heavy atom. The van der Waals surface area contributed by atoms with Gasteiger partial charge in [0, 0.05) is 18.2 Å². The fourth-order valence-electron chi connectivity index (χ4n) is 2.73. The quantitative estimate of drug-likeness (QED) is 0.796. The van der Waals surface area contributed by atoms with Crippen LogP contribution in [0.15, 0.2) is 12.3 Å². The molecule has 1 saturated heterocycles. The average molecular weight is 230 g/mol. The molecule has 0 spiro atoms. The first-order valence-corrected chi connectivity index (χ1v) is 5.87. The van der Waals surface area contributed by atoms with Crippen LogP contribution < -0.4 is 5.32 Å². The smallest absolute Gasteiger partial charge is 0.134 e. The van der Waals surface area contributed by atoms with Crippen molar-refractivity contribution in [3.05, 3.63) is 12.3 Å². The molecule has 2 rings (SSSR count). The molecule has 1 N–H and O–H groups in total. The molecule has 2 nitrogen and oxygen atoms in total. The Morgan fingerprint density at radius 2 is 2.06 bits per heavy atom. The molecular weight excluding hydrogens is 210 g/mol. The molecule has 0 amide bonds. The van der Waals surface area contributed by atoms with Crippen molar-refractivity contribution in [2.24, 2.45) is 5.92 Å². The van der Waals surface area contributed by atoms with E-state index < -0.39 is 11.8 Å². The molecule has 1 saturated carbocycles. The molecule has 0 aromatic rings. The van der Waals surface area contributed by atoms with Crippen LogP contribution in [0.4, 0.5) is 8.78 Å². The van der Waals surface area contributed by atoms with Crippen molar-refractivity contribution < 1.29 is 8.78 Å². The van der Waals surface area contributed by atoms with E-state index in [0.717, 1.165) is 5.70 Å². The third-order valence-electron chi connectivity index (χ3n) is 3.84. The fourth-order valence-corrected chi connectivity index (χ4v) is 2.73. The molecule has 2 unspecified atom stereocenters. The van der Waals surface area contributed by atoms with Crippen molar-refractivity contribution in [3.8, 4) is 0 Å². The number of hydrogen-bond donors (Lipinski definition) is 1. The molecule has 92 valence electrons. The van der Waals surface area contributed by atoms with Gasteiger partial charge in [-0.2, -0.15) is 0 Å². The van der Waals surface area contributed by atoms with Crippen molar-refractivity contribution in [2.45, 2.75) is 37.6 Å². The first-order valence-electron chi connectivity index (χ1n) is 5.87. The van der Waals surface area contributed by atoms with Crippen LogP contribution in [0.1, 0.15) is 19.8 Å². The van der Waals surface area contributed by atoms with E-state index in [4.69, 9.17) is 0 Å². The van der Waals surface area contributed by atoms with Crippen molar-refractivity contribution in [1.29, 1.82) is 0 Å². The number of nitrogens with zero attached hydrogens (tertiary/aromatic N) is 1. The largest absolute Gasteiger partial charge is 0.370 e. The first kappa shape index (κ1) is 11.8. The topological polar surface area (TPSA) is 15.3 Å². The highest BCUT2D eigenvalue weighted by molar-refractivity contribution is 5.12. The third-order valence-corrected chi connectivity index (χ3v) is 3.84. The van der Waals surface area contributed by atoms with E-state index in [9.17, 15) is 8.78 Å². The summed E-state index contributed by atoms with van der Waals surface area (Å²) in [4.78, 5) is 1.96. The van der Waals surface area contributed by atoms with Crippen molar-refractivity contribution >= 4 is 0 Å². The summed E-state index contributed by atoms with van der Waals surface area (Å²) >= 11 is 0. The summed E-state index contributed by atoms with van der Waals surface area (Å²) < 4.78 is 26.9. The molecule has 2 aliphatic rings. The van der Waals surface area contributed by atoms with E-state index in [1.807, 2.05) is 4.90 Å². The zero-order valence-electron chi connectivity index (χ0n) is 9.97. The number of nitrogens with one attached hydrogen (secondary N) is 1. The zero-order valence-corrected chi connectivity index (χ0v) is 9.97. The van der Waals surface area contributed by atoms with E-state index in [2.05, 4.69) is 11.9 Å². The fraction of sp³-hybridized carbons (Fsp3) is 0.833. The normalized spacial score (nSPS) is 43.2. The van der Waals surface area contributed by atoms with Crippen molar-refractivity contribution in [3.63, 3.8) is 0 Å². The molecule has 2 fully saturated rings. The highest BCUT2D eigenvalue weighted by Crippen LogP contribution is 2.45. The predicted octanol–water partition coefficient (Wildman–Crippen LogP) is 1.88. The van der Waals surface area contributed by atoms with Crippen LogP contribution in [0.3, 0.4) is 0 Å². The van der Waals surface area contributed by atoms with Gasteiger partial charge in [-0.15, -0.1) is 0 Å². The van der Waals surface area contributed by atoms with Gasteiger partial charge in [-0.25, -0.2) is 8.78 Å². The minimum atomic E-state index is -1.04. The number of likely N-dealkylation sites (N-methyl/N-ethyl adjacent to an activating group) is 1. The van der Waals surface area contributed by atoms with Crippen LogP contribution in [0, 0.1) is 5.92 Å². The second-order valence-electron chi connectivity index (χ2n) is 5.33. The number of hydrogen-bond acceptors (Lipinski definition) is 2. The Bertz CT molecular complexity index is 283. The van der Waals surface area contributed by atoms with Gasteiger partial charge in [0.25, 0.3) is 0 Å². The molecule has 0 aromatic carbocycles. The van der Waals surface area contributed by atoms with Crippen LogP contribution in [-0.4, -0.2) is 42.9 Å². The Hall–Kier alpha value is -0.640. The molecule has 1 aliphatic heterocycles. The average Bonchev–Trinajstić information content (AvgIpc) is 2.54. The van der Waals surface area contributed by atoms with Gasteiger partial charge in [0.2, 0.25) is 0 Å². The Balaban J connectivity index is 1.88. The maximum atomic E-state index is 13.5. The second kappa shape index (κ2) is 3.99. The van der Waals surface area contributed by atoms with Gasteiger partial charge < -0.3 is 10.2 Å². The Morgan fingerprint density at radius 1 is 1.44 bits per heavy atom. The van der Waals surface area contributed by atoms with E-state index in [-0.39, 0.29) is 12.0 Å². The number of alkyl halides is 2. The minimum Gasteiger partial charge on any atom is -0.370 e. The summed E-state index contributed by atoms with van der Waals surface area (Å²) in [6.07, 6.45) is 0.214. The molecule has 1 heterocycles. The first-order chi connectivity index (χ1) is 7.43. The lowest BCUT2D eigenvalue weighted by molar-refractivity contribution is 0.0307. The highest BCUT2D eigenvalue weighted by atomic mass is 19.1. The van der Waals surface area contributed by atoms with Crippen LogP contribution in [0.5, 0.6) is 0 Å². The lowest BCUT2D eigenvalue weighted by atomic mass is 9.72. The van der Waals surface area contributed by atoms with Crippen LogP contribution in [0.2, 0.25) is 0 Å². The second-order valence-corrected chi connectivity index (χ2v) is 5.33. The summed E-state index contributed by atoms with van der Waals surface area (Å²) in [5, 5.41) is 2.96. The molecule has 0 bridgehead atoms. The molecule has 1 aliphatic carbocycles. The third kappa shape index (κ3) is 2.08. The number of allylic oxidation sites excluding steroid dienone is 1.